The summed E-state index contributed by atoms with van der Waals surface area (Å²) < 4.78 is 5.01. The zero-order chi connectivity index (χ0) is 10.1. The fraction of sp³-hybridized carbons (Fsp3) is 1.00. The van der Waals surface area contributed by atoms with E-state index in [-0.39, 0.29) is 0 Å². The predicted octanol–water partition coefficient (Wildman–Crippen LogP) is 0.661. The van der Waals surface area contributed by atoms with Crippen LogP contribution in [-0.4, -0.2) is 62.8 Å². The average Bonchev–Trinajstić information content (AvgIpc) is 2.25. The van der Waals surface area contributed by atoms with Crippen LogP contribution in [0.25, 0.3) is 0 Å². The lowest BCUT2D eigenvalue weighted by molar-refractivity contribution is 0.200. The zero-order valence-electron chi connectivity index (χ0n) is 9.13. The van der Waals surface area contributed by atoms with Gasteiger partial charge in [0.25, 0.3) is 0 Å². The van der Waals surface area contributed by atoms with E-state index in [1.165, 1.54) is 37.6 Å². The van der Waals surface area contributed by atoms with Crippen LogP contribution in [0.1, 0.15) is 6.42 Å². The van der Waals surface area contributed by atoms with E-state index in [1.807, 2.05) is 11.8 Å². The third-order valence-electron chi connectivity index (χ3n) is 2.40. The molecule has 1 heterocycles. The summed E-state index contributed by atoms with van der Waals surface area (Å²) in [5.74, 6) is 2.50. The molecular formula is C10H22N2OS. The SMILES string of the molecule is COCCCSCCN1CCNCC1. The summed E-state index contributed by atoms with van der Waals surface area (Å²) in [4.78, 5) is 2.54. The van der Waals surface area contributed by atoms with Crippen LogP contribution in [0.4, 0.5) is 0 Å². The molecule has 84 valence electrons. The van der Waals surface area contributed by atoms with Crippen LogP contribution in [0, 0.1) is 0 Å². The van der Waals surface area contributed by atoms with Crippen LogP contribution in [0.5, 0.6) is 0 Å². The molecule has 3 nitrogen and oxygen atoms in total. The number of methoxy groups -OCH3 is 1. The molecule has 4 heteroatoms. The highest BCUT2D eigenvalue weighted by Gasteiger charge is 2.07. The van der Waals surface area contributed by atoms with Crippen molar-refractivity contribution < 1.29 is 4.74 Å². The van der Waals surface area contributed by atoms with Gasteiger partial charge in [-0.2, -0.15) is 11.8 Å². The summed E-state index contributed by atoms with van der Waals surface area (Å²) in [7, 11) is 1.77. The Morgan fingerprint density at radius 3 is 2.79 bits per heavy atom. The third-order valence-corrected chi connectivity index (χ3v) is 3.45. The van der Waals surface area contributed by atoms with Crippen LogP contribution < -0.4 is 5.32 Å². The molecule has 0 radical (unpaired) electrons. The molecule has 0 spiro atoms. The maximum absolute atomic E-state index is 5.01. The van der Waals surface area contributed by atoms with E-state index in [9.17, 15) is 0 Å². The summed E-state index contributed by atoms with van der Waals surface area (Å²) in [6, 6.07) is 0. The highest BCUT2D eigenvalue weighted by atomic mass is 32.2. The van der Waals surface area contributed by atoms with Gasteiger partial charge in [0.1, 0.15) is 0 Å². The second-order valence-corrected chi connectivity index (χ2v) is 4.78. The summed E-state index contributed by atoms with van der Waals surface area (Å²) in [5, 5.41) is 3.37. The minimum atomic E-state index is 0.903. The Morgan fingerprint density at radius 1 is 1.29 bits per heavy atom. The molecule has 1 aliphatic heterocycles. The van der Waals surface area contributed by atoms with Gasteiger partial charge in [0, 0.05) is 52.2 Å². The molecule has 0 amide bonds. The van der Waals surface area contributed by atoms with E-state index in [1.54, 1.807) is 7.11 Å². The molecule has 0 bridgehead atoms. The maximum Gasteiger partial charge on any atom is 0.0470 e. The van der Waals surface area contributed by atoms with Crippen molar-refractivity contribution >= 4 is 11.8 Å². The molecule has 14 heavy (non-hydrogen) atoms. The lowest BCUT2D eigenvalue weighted by atomic mass is 10.4. The van der Waals surface area contributed by atoms with Gasteiger partial charge in [0.2, 0.25) is 0 Å². The smallest absolute Gasteiger partial charge is 0.0470 e. The van der Waals surface area contributed by atoms with Gasteiger partial charge in [-0.3, -0.25) is 4.90 Å². The number of hydrogen-bond acceptors (Lipinski definition) is 4. The Morgan fingerprint density at radius 2 is 2.07 bits per heavy atom. The van der Waals surface area contributed by atoms with Gasteiger partial charge < -0.3 is 10.1 Å². The standard InChI is InChI=1S/C10H22N2OS/c1-13-8-2-9-14-10-7-12-5-3-11-4-6-12/h11H,2-10H2,1H3. The topological polar surface area (TPSA) is 24.5 Å². The number of piperazine rings is 1. The molecule has 0 unspecified atom stereocenters. The Hall–Kier alpha value is 0.230. The molecule has 0 aromatic heterocycles. The van der Waals surface area contributed by atoms with Gasteiger partial charge in [-0.15, -0.1) is 0 Å². The molecule has 1 N–H and O–H groups in total. The lowest BCUT2D eigenvalue weighted by Crippen LogP contribution is -2.44. The Balaban J connectivity index is 1.82. The molecule has 1 rings (SSSR count). The van der Waals surface area contributed by atoms with Crippen LogP contribution in [0.2, 0.25) is 0 Å². The van der Waals surface area contributed by atoms with Crippen molar-refractivity contribution in [2.75, 3.05) is 57.9 Å². The summed E-state index contributed by atoms with van der Waals surface area (Å²) in [6.45, 7) is 6.92. The molecule has 0 saturated carbocycles. The molecule has 0 atom stereocenters. The van der Waals surface area contributed by atoms with Gasteiger partial charge in [-0.05, 0) is 12.2 Å². The quantitative estimate of drug-likeness (QED) is 0.635. The number of hydrogen-bond donors (Lipinski definition) is 1. The van der Waals surface area contributed by atoms with E-state index >= 15 is 0 Å². The van der Waals surface area contributed by atoms with Gasteiger partial charge in [0.15, 0.2) is 0 Å². The van der Waals surface area contributed by atoms with Crippen molar-refractivity contribution in [3.05, 3.63) is 0 Å². The van der Waals surface area contributed by atoms with Crippen molar-refractivity contribution in [1.29, 1.82) is 0 Å². The number of nitrogens with one attached hydrogen (secondary N) is 1. The molecule has 1 saturated heterocycles. The fourth-order valence-corrected chi connectivity index (χ4v) is 2.45. The van der Waals surface area contributed by atoms with Gasteiger partial charge in [-0.25, -0.2) is 0 Å². The highest BCUT2D eigenvalue weighted by Crippen LogP contribution is 2.03. The molecule has 1 aliphatic rings. The lowest BCUT2D eigenvalue weighted by Gasteiger charge is -2.26. The van der Waals surface area contributed by atoms with Gasteiger partial charge >= 0.3 is 0 Å². The largest absolute Gasteiger partial charge is 0.385 e. The maximum atomic E-state index is 5.01. The van der Waals surface area contributed by atoms with E-state index < -0.39 is 0 Å². The number of rotatable bonds is 7. The van der Waals surface area contributed by atoms with E-state index in [0.29, 0.717) is 0 Å². The Kier molecular flexibility index (Phi) is 7.50. The minimum absolute atomic E-state index is 0.903. The minimum Gasteiger partial charge on any atom is -0.385 e. The van der Waals surface area contributed by atoms with Gasteiger partial charge in [-0.1, -0.05) is 0 Å². The van der Waals surface area contributed by atoms with Crippen LogP contribution in [0.15, 0.2) is 0 Å². The van der Waals surface area contributed by atoms with Crippen molar-refractivity contribution in [2.24, 2.45) is 0 Å². The first-order valence-corrected chi connectivity index (χ1v) is 6.58. The monoisotopic (exact) mass is 218 g/mol. The predicted molar refractivity (Wildman–Crippen MR) is 63.1 cm³/mol. The number of nitrogens with zero attached hydrogens (tertiary/aromatic N) is 1. The van der Waals surface area contributed by atoms with E-state index in [2.05, 4.69) is 10.2 Å². The fourth-order valence-electron chi connectivity index (χ4n) is 1.54. The molecule has 0 aliphatic carbocycles. The molecule has 0 aromatic rings. The van der Waals surface area contributed by atoms with Crippen molar-refractivity contribution in [3.63, 3.8) is 0 Å². The second-order valence-electron chi connectivity index (χ2n) is 3.55. The second kappa shape index (κ2) is 8.53. The van der Waals surface area contributed by atoms with Crippen LogP contribution in [0.3, 0.4) is 0 Å². The number of ether oxygens (including phenoxy) is 1. The average molecular weight is 218 g/mol. The first-order valence-electron chi connectivity index (χ1n) is 5.43. The molecular weight excluding hydrogens is 196 g/mol. The Bertz CT molecular complexity index is 129. The van der Waals surface area contributed by atoms with Crippen LogP contribution >= 0.6 is 11.8 Å². The van der Waals surface area contributed by atoms with Crippen LogP contribution in [-0.2, 0) is 4.74 Å². The number of thioether (sulfide) groups is 1. The van der Waals surface area contributed by atoms with E-state index in [4.69, 9.17) is 4.74 Å². The molecule has 0 aromatic carbocycles. The van der Waals surface area contributed by atoms with Crippen molar-refractivity contribution in [1.82, 2.24) is 10.2 Å². The van der Waals surface area contributed by atoms with Crippen molar-refractivity contribution in [3.8, 4) is 0 Å². The first-order chi connectivity index (χ1) is 6.93. The van der Waals surface area contributed by atoms with Crippen molar-refractivity contribution in [2.45, 2.75) is 6.42 Å². The van der Waals surface area contributed by atoms with E-state index in [0.717, 1.165) is 19.7 Å². The summed E-state index contributed by atoms with van der Waals surface area (Å²) in [6.07, 6.45) is 1.18. The molecule has 1 fully saturated rings. The normalized spacial score (nSPS) is 18.6. The third kappa shape index (κ3) is 5.86. The zero-order valence-corrected chi connectivity index (χ0v) is 9.94. The summed E-state index contributed by atoms with van der Waals surface area (Å²) in [5.41, 5.74) is 0. The summed E-state index contributed by atoms with van der Waals surface area (Å²) >= 11 is 2.04. The highest BCUT2D eigenvalue weighted by molar-refractivity contribution is 7.99. The first kappa shape index (κ1) is 12.3. The van der Waals surface area contributed by atoms with Gasteiger partial charge in [0.05, 0.1) is 0 Å². The Labute approximate surface area is 91.6 Å².